The van der Waals surface area contributed by atoms with Gasteiger partial charge in [0.15, 0.2) is 12.1 Å². The first-order chi connectivity index (χ1) is 31.1. The van der Waals surface area contributed by atoms with Crippen LogP contribution in [0.3, 0.4) is 0 Å². The average molecular weight is 895 g/mol. The molecule has 0 aromatic heterocycles. The quantitative estimate of drug-likeness (QED) is 0.0281. The molecule has 0 bridgehead atoms. The van der Waals surface area contributed by atoms with E-state index in [1.165, 1.54) is 64.2 Å². The summed E-state index contributed by atoms with van der Waals surface area (Å²) in [5.74, 6) is -1.50. The maximum Gasteiger partial charge on any atom is 0.362 e. The molecule has 8 heteroatoms. The minimum atomic E-state index is -0.881. The van der Waals surface area contributed by atoms with Gasteiger partial charge in [0, 0.05) is 19.3 Å². The van der Waals surface area contributed by atoms with Gasteiger partial charge in [-0.15, -0.1) is 0 Å². The fraction of sp³-hybridized carbons (Fsp3) is 0.696. The summed E-state index contributed by atoms with van der Waals surface area (Å²) in [6, 6.07) is -0.624. The number of quaternary nitrogens is 1. The molecule has 0 heterocycles. The Bertz CT molecular complexity index is 1320. The van der Waals surface area contributed by atoms with Crippen LogP contribution >= 0.6 is 0 Å². The summed E-state index contributed by atoms with van der Waals surface area (Å²) in [6.45, 7) is 4.57. The van der Waals surface area contributed by atoms with Crippen molar-refractivity contribution in [1.82, 2.24) is 0 Å². The van der Waals surface area contributed by atoms with E-state index in [0.717, 1.165) is 103 Å². The lowest BCUT2D eigenvalue weighted by Crippen LogP contribution is -2.50. The Morgan fingerprint density at radius 2 is 0.875 bits per heavy atom. The van der Waals surface area contributed by atoms with E-state index >= 15 is 0 Å². The zero-order valence-electron chi connectivity index (χ0n) is 41.7. The van der Waals surface area contributed by atoms with Crippen molar-refractivity contribution in [3.05, 3.63) is 85.1 Å². The van der Waals surface area contributed by atoms with Gasteiger partial charge < -0.3 is 23.8 Å². The molecule has 0 saturated heterocycles. The molecule has 1 N–H and O–H groups in total. The molecular formula is C56H96NO7+. The zero-order chi connectivity index (χ0) is 47.0. The standard InChI is InChI=1S/C56H95NO7/c1-6-8-10-12-14-16-18-20-22-24-26-27-29-31-33-35-37-39-41-43-45-47-55(59)64-52(50-62-49-48-53(56(60)61)57(3,4)5)51-63-54(58)46-44-42-40-38-36-34-32-30-28-25-23-21-19-17-15-13-11-9-7-2/h9,11,14-17,20-23,26-27,31,33,52-53H,6-8,10,12-13,18-19,24-25,28-30,32,34-51H2,1-5H3/p+1/b11-9+,16-14+,17-15+,22-20+,23-21+,27-26+,33-31+. The van der Waals surface area contributed by atoms with Gasteiger partial charge in [0.05, 0.1) is 34.4 Å². The number of unbranched alkanes of at least 4 members (excludes halogenated alkanes) is 17. The van der Waals surface area contributed by atoms with Crippen molar-refractivity contribution < 1.29 is 38.2 Å². The van der Waals surface area contributed by atoms with Crippen LogP contribution in [0, 0.1) is 0 Å². The largest absolute Gasteiger partial charge is 0.477 e. The van der Waals surface area contributed by atoms with Crippen LogP contribution in [0.15, 0.2) is 85.1 Å². The van der Waals surface area contributed by atoms with Crippen molar-refractivity contribution in [2.45, 2.75) is 212 Å². The lowest BCUT2D eigenvalue weighted by Gasteiger charge is -2.31. The maximum atomic E-state index is 12.8. The molecule has 0 aliphatic rings. The Morgan fingerprint density at radius 1 is 0.484 bits per heavy atom. The highest BCUT2D eigenvalue weighted by Gasteiger charge is 2.31. The predicted octanol–water partition coefficient (Wildman–Crippen LogP) is 14.9. The number of carboxylic acids is 1. The number of carbonyl (C=O) groups is 3. The average Bonchev–Trinajstić information content (AvgIpc) is 3.26. The van der Waals surface area contributed by atoms with E-state index in [1.54, 1.807) is 0 Å². The third kappa shape index (κ3) is 43.7. The van der Waals surface area contributed by atoms with Crippen LogP contribution in [0.2, 0.25) is 0 Å². The lowest BCUT2D eigenvalue weighted by molar-refractivity contribution is -0.887. The van der Waals surface area contributed by atoms with Crippen LogP contribution in [0.25, 0.3) is 0 Å². The topological polar surface area (TPSA) is 99.1 Å². The van der Waals surface area contributed by atoms with Crippen molar-refractivity contribution in [3.8, 4) is 0 Å². The Hall–Kier alpha value is -3.49. The highest BCUT2D eigenvalue weighted by Crippen LogP contribution is 2.14. The van der Waals surface area contributed by atoms with E-state index in [1.807, 2.05) is 21.1 Å². The van der Waals surface area contributed by atoms with E-state index in [9.17, 15) is 19.5 Å². The molecule has 0 saturated carbocycles. The molecule has 8 nitrogen and oxygen atoms in total. The van der Waals surface area contributed by atoms with Gasteiger partial charge in [-0.25, -0.2) is 4.79 Å². The van der Waals surface area contributed by atoms with Crippen LogP contribution < -0.4 is 0 Å². The Kier molecular flexibility index (Phi) is 43.5. The highest BCUT2D eigenvalue weighted by atomic mass is 16.6. The third-order valence-corrected chi connectivity index (χ3v) is 11.0. The van der Waals surface area contributed by atoms with Crippen molar-refractivity contribution >= 4 is 17.9 Å². The number of likely N-dealkylation sites (N-methyl/N-ethyl adjacent to an activating group) is 1. The molecule has 64 heavy (non-hydrogen) atoms. The van der Waals surface area contributed by atoms with Crippen molar-refractivity contribution in [2.75, 3.05) is 41.0 Å². The number of nitrogens with zero attached hydrogens (tertiary/aromatic N) is 1. The number of hydrogen-bond donors (Lipinski definition) is 1. The second-order valence-electron chi connectivity index (χ2n) is 18.0. The second kappa shape index (κ2) is 46.1. The van der Waals surface area contributed by atoms with Crippen molar-refractivity contribution in [2.24, 2.45) is 0 Å². The van der Waals surface area contributed by atoms with Crippen LogP contribution in [-0.4, -0.2) is 80.6 Å². The number of ether oxygens (including phenoxy) is 3. The first kappa shape index (κ1) is 60.5. The summed E-state index contributed by atoms with van der Waals surface area (Å²) in [4.78, 5) is 37.2. The molecule has 2 atom stereocenters. The number of aliphatic carboxylic acids is 1. The van der Waals surface area contributed by atoms with E-state index in [0.29, 0.717) is 19.3 Å². The van der Waals surface area contributed by atoms with Crippen LogP contribution in [0.4, 0.5) is 0 Å². The molecule has 0 aliphatic heterocycles. The van der Waals surface area contributed by atoms with E-state index in [2.05, 4.69) is 98.9 Å². The molecule has 0 radical (unpaired) electrons. The van der Waals surface area contributed by atoms with Gasteiger partial charge in [0.2, 0.25) is 0 Å². The first-order valence-corrected chi connectivity index (χ1v) is 25.6. The minimum Gasteiger partial charge on any atom is -0.477 e. The summed E-state index contributed by atoms with van der Waals surface area (Å²) in [5, 5.41) is 9.66. The Balaban J connectivity index is 4.32. The molecule has 0 aromatic carbocycles. The highest BCUT2D eigenvalue weighted by molar-refractivity contribution is 5.72. The van der Waals surface area contributed by atoms with E-state index in [-0.39, 0.29) is 36.2 Å². The summed E-state index contributed by atoms with van der Waals surface area (Å²) in [5.41, 5.74) is 0. The number of carbonyl (C=O) groups excluding carboxylic acids is 2. The second-order valence-corrected chi connectivity index (χ2v) is 18.0. The Labute approximate surface area is 393 Å². The molecule has 2 unspecified atom stereocenters. The SMILES string of the molecule is CC/C=C/C/C=C/C/C=C/CCCCCCCCCCCC(=O)OCC(COCCC(C(=O)O)[N+](C)(C)C)OC(=O)CCCCCCC/C=C/C/C=C/C/C=C/C/C=C/CCCCC. The predicted molar refractivity (Wildman–Crippen MR) is 270 cm³/mol. The van der Waals surface area contributed by atoms with Gasteiger partial charge in [-0.05, 0) is 89.9 Å². The fourth-order valence-corrected chi connectivity index (χ4v) is 7.09. The summed E-state index contributed by atoms with van der Waals surface area (Å²) in [6.07, 6.45) is 60.5. The number of allylic oxidation sites excluding steroid dienone is 14. The molecule has 366 valence electrons. The van der Waals surface area contributed by atoms with Crippen LogP contribution in [0.1, 0.15) is 200 Å². The molecule has 0 aromatic rings. The van der Waals surface area contributed by atoms with Crippen LogP contribution in [0.5, 0.6) is 0 Å². The van der Waals surface area contributed by atoms with E-state index in [4.69, 9.17) is 14.2 Å². The molecule has 0 fully saturated rings. The van der Waals surface area contributed by atoms with Gasteiger partial charge >= 0.3 is 17.9 Å². The zero-order valence-corrected chi connectivity index (χ0v) is 41.7. The first-order valence-electron chi connectivity index (χ1n) is 25.6. The van der Waals surface area contributed by atoms with Crippen LogP contribution in [-0.2, 0) is 28.6 Å². The maximum absolute atomic E-state index is 12.8. The van der Waals surface area contributed by atoms with Gasteiger partial charge in [-0.1, -0.05) is 176 Å². The van der Waals surface area contributed by atoms with Gasteiger partial charge in [-0.3, -0.25) is 9.59 Å². The summed E-state index contributed by atoms with van der Waals surface area (Å²) < 4.78 is 17.3. The molecule has 0 amide bonds. The number of rotatable bonds is 45. The molecular weight excluding hydrogens is 799 g/mol. The third-order valence-electron chi connectivity index (χ3n) is 11.0. The smallest absolute Gasteiger partial charge is 0.362 e. The monoisotopic (exact) mass is 895 g/mol. The minimum absolute atomic E-state index is 0.0473. The molecule has 0 aliphatic carbocycles. The molecule has 0 rings (SSSR count). The summed E-state index contributed by atoms with van der Waals surface area (Å²) >= 11 is 0. The molecule has 0 spiro atoms. The van der Waals surface area contributed by atoms with E-state index < -0.39 is 18.1 Å². The normalized spacial score (nSPS) is 13.6. The van der Waals surface area contributed by atoms with Gasteiger partial charge in [0.25, 0.3) is 0 Å². The number of carboxylic acid groups (broad SMARTS) is 1. The number of esters is 2. The van der Waals surface area contributed by atoms with Crippen molar-refractivity contribution in [3.63, 3.8) is 0 Å². The summed E-state index contributed by atoms with van der Waals surface area (Å²) in [7, 11) is 5.52. The lowest BCUT2D eigenvalue weighted by atomic mass is 10.1. The van der Waals surface area contributed by atoms with Crippen molar-refractivity contribution in [1.29, 1.82) is 0 Å². The fourth-order valence-electron chi connectivity index (χ4n) is 7.09. The Morgan fingerprint density at radius 3 is 1.30 bits per heavy atom. The van der Waals surface area contributed by atoms with Gasteiger partial charge in [-0.2, -0.15) is 0 Å². The number of hydrogen-bond acceptors (Lipinski definition) is 6. The van der Waals surface area contributed by atoms with Gasteiger partial charge in [0.1, 0.15) is 6.61 Å².